The highest BCUT2D eigenvalue weighted by atomic mass is 19.1. The van der Waals surface area contributed by atoms with Crippen LogP contribution in [0.4, 0.5) is 14.9 Å². The standard InChI is InChI=1S/C24H28FN3O5/c1-4-27-20(13-32-12-15-8-6-5-7-9-15)26-28(24(27)31)19-11-16-17(10-18(19)25)22(29)33-23(30)21(16)14(2)3/h5-11,14,20-21,23,26,30H,4,12-13H2,1-3H3. The summed E-state index contributed by atoms with van der Waals surface area (Å²) in [4.78, 5) is 26.8. The number of aliphatic hydroxyl groups is 1. The molecule has 9 heteroatoms. The molecule has 3 atom stereocenters. The van der Waals surface area contributed by atoms with Gasteiger partial charge in [-0.3, -0.25) is 0 Å². The van der Waals surface area contributed by atoms with Crippen LogP contribution >= 0.6 is 0 Å². The number of likely N-dealkylation sites (N-methyl/N-ethyl adjacent to an activating group) is 1. The van der Waals surface area contributed by atoms with Gasteiger partial charge < -0.3 is 19.5 Å². The van der Waals surface area contributed by atoms with Crippen LogP contribution < -0.4 is 10.4 Å². The number of aliphatic hydroxyl groups excluding tert-OH is 1. The zero-order valence-corrected chi connectivity index (χ0v) is 18.8. The highest BCUT2D eigenvalue weighted by molar-refractivity contribution is 5.96. The Kier molecular flexibility index (Phi) is 6.64. The molecule has 2 N–H and O–H groups in total. The predicted octanol–water partition coefficient (Wildman–Crippen LogP) is 3.36. The van der Waals surface area contributed by atoms with E-state index in [9.17, 15) is 14.7 Å². The highest BCUT2D eigenvalue weighted by Gasteiger charge is 2.41. The molecule has 4 rings (SSSR count). The Morgan fingerprint density at radius 3 is 2.61 bits per heavy atom. The van der Waals surface area contributed by atoms with Crippen molar-refractivity contribution in [1.82, 2.24) is 10.3 Å². The summed E-state index contributed by atoms with van der Waals surface area (Å²) in [7, 11) is 0. The van der Waals surface area contributed by atoms with Crippen LogP contribution in [0.1, 0.15) is 48.2 Å². The summed E-state index contributed by atoms with van der Waals surface area (Å²) in [5, 5.41) is 11.4. The number of ether oxygens (including phenoxy) is 2. The van der Waals surface area contributed by atoms with Crippen molar-refractivity contribution in [3.05, 3.63) is 65.0 Å². The average molecular weight is 458 g/mol. The number of cyclic esters (lactones) is 1. The maximum Gasteiger partial charge on any atom is 0.340 e. The summed E-state index contributed by atoms with van der Waals surface area (Å²) < 4.78 is 25.9. The van der Waals surface area contributed by atoms with E-state index < -0.39 is 36.2 Å². The fourth-order valence-corrected chi connectivity index (χ4v) is 4.34. The van der Waals surface area contributed by atoms with Gasteiger partial charge in [-0.05, 0) is 36.1 Å². The number of esters is 1. The van der Waals surface area contributed by atoms with Crippen LogP contribution in [0.2, 0.25) is 0 Å². The first-order valence-corrected chi connectivity index (χ1v) is 11.0. The lowest BCUT2D eigenvalue weighted by molar-refractivity contribution is -0.0938. The van der Waals surface area contributed by atoms with E-state index in [1.54, 1.807) is 4.90 Å². The fraction of sp³-hybridized carbons (Fsp3) is 0.417. The van der Waals surface area contributed by atoms with Crippen LogP contribution in [0, 0.1) is 11.7 Å². The van der Waals surface area contributed by atoms with E-state index in [0.717, 1.165) is 16.6 Å². The number of hydrogen-bond donors (Lipinski definition) is 2. The van der Waals surface area contributed by atoms with E-state index in [-0.39, 0.29) is 23.8 Å². The zero-order valence-electron chi connectivity index (χ0n) is 18.8. The van der Waals surface area contributed by atoms with Crippen LogP contribution in [0.25, 0.3) is 0 Å². The molecule has 2 aliphatic heterocycles. The number of carbonyl (C=O) groups is 2. The molecule has 1 fully saturated rings. The third-order valence-corrected chi connectivity index (χ3v) is 6.01. The van der Waals surface area contributed by atoms with E-state index in [4.69, 9.17) is 9.47 Å². The molecule has 2 aromatic carbocycles. The third kappa shape index (κ3) is 4.44. The maximum atomic E-state index is 15.1. The van der Waals surface area contributed by atoms with Crippen molar-refractivity contribution >= 4 is 17.7 Å². The van der Waals surface area contributed by atoms with Gasteiger partial charge in [0.15, 0.2) is 0 Å². The Labute approximate surface area is 191 Å². The summed E-state index contributed by atoms with van der Waals surface area (Å²) >= 11 is 0. The molecular formula is C24H28FN3O5. The maximum absolute atomic E-state index is 15.1. The normalized spacial score (nSPS) is 22.7. The van der Waals surface area contributed by atoms with Crippen molar-refractivity contribution in [3.63, 3.8) is 0 Å². The van der Waals surface area contributed by atoms with E-state index in [1.165, 1.54) is 6.07 Å². The largest absolute Gasteiger partial charge is 0.432 e. The number of hydrazine groups is 1. The molecule has 33 heavy (non-hydrogen) atoms. The number of fused-ring (bicyclic) bond motifs is 1. The van der Waals surface area contributed by atoms with Gasteiger partial charge in [-0.1, -0.05) is 44.2 Å². The minimum absolute atomic E-state index is 0.0182. The molecular weight excluding hydrogens is 429 g/mol. The first-order chi connectivity index (χ1) is 15.8. The van der Waals surface area contributed by atoms with Crippen molar-refractivity contribution in [2.75, 3.05) is 18.2 Å². The van der Waals surface area contributed by atoms with Gasteiger partial charge in [-0.2, -0.15) is 0 Å². The van der Waals surface area contributed by atoms with Gasteiger partial charge in [0.05, 0.1) is 24.5 Å². The zero-order chi connectivity index (χ0) is 23.7. The topological polar surface area (TPSA) is 91.3 Å². The van der Waals surface area contributed by atoms with E-state index in [1.807, 2.05) is 51.1 Å². The van der Waals surface area contributed by atoms with Crippen LogP contribution in [0.5, 0.6) is 0 Å². The number of nitrogens with one attached hydrogen (secondary N) is 1. The average Bonchev–Trinajstić information content (AvgIpc) is 3.09. The van der Waals surface area contributed by atoms with E-state index in [0.29, 0.717) is 18.7 Å². The molecule has 0 radical (unpaired) electrons. The Bertz CT molecular complexity index is 1030. The smallest absolute Gasteiger partial charge is 0.340 e. The van der Waals surface area contributed by atoms with Crippen molar-refractivity contribution in [2.45, 2.75) is 45.8 Å². The first kappa shape index (κ1) is 23.2. The molecule has 176 valence electrons. The second kappa shape index (κ2) is 9.46. The predicted molar refractivity (Wildman–Crippen MR) is 119 cm³/mol. The third-order valence-electron chi connectivity index (χ3n) is 6.01. The molecule has 8 nitrogen and oxygen atoms in total. The molecule has 0 aliphatic carbocycles. The Balaban J connectivity index is 1.58. The lowest BCUT2D eigenvalue weighted by Crippen LogP contribution is -2.42. The highest BCUT2D eigenvalue weighted by Crippen LogP contribution is 2.39. The Morgan fingerprint density at radius 2 is 1.94 bits per heavy atom. The quantitative estimate of drug-likeness (QED) is 0.620. The Hall–Kier alpha value is -3.01. The van der Waals surface area contributed by atoms with Crippen molar-refractivity contribution in [3.8, 4) is 0 Å². The molecule has 2 heterocycles. The molecule has 2 aliphatic rings. The molecule has 1 saturated heterocycles. The summed E-state index contributed by atoms with van der Waals surface area (Å²) in [5.41, 5.74) is 4.52. The van der Waals surface area contributed by atoms with Gasteiger partial charge in [0.1, 0.15) is 12.0 Å². The molecule has 3 unspecified atom stereocenters. The van der Waals surface area contributed by atoms with Crippen molar-refractivity contribution in [2.24, 2.45) is 5.92 Å². The number of benzene rings is 2. The minimum atomic E-state index is -1.34. The summed E-state index contributed by atoms with van der Waals surface area (Å²) in [5.74, 6) is -2.16. The number of rotatable bonds is 7. The summed E-state index contributed by atoms with van der Waals surface area (Å²) in [6.45, 7) is 6.56. The monoisotopic (exact) mass is 457 g/mol. The fourth-order valence-electron chi connectivity index (χ4n) is 4.34. The Morgan fingerprint density at radius 1 is 1.21 bits per heavy atom. The minimum Gasteiger partial charge on any atom is -0.432 e. The van der Waals surface area contributed by atoms with Gasteiger partial charge in [0.25, 0.3) is 0 Å². The van der Waals surface area contributed by atoms with Crippen LogP contribution in [-0.2, 0) is 16.1 Å². The molecule has 0 aromatic heterocycles. The van der Waals surface area contributed by atoms with Gasteiger partial charge in [0.2, 0.25) is 6.29 Å². The number of urea groups is 1. The summed E-state index contributed by atoms with van der Waals surface area (Å²) in [6, 6.07) is 11.8. The van der Waals surface area contributed by atoms with Crippen molar-refractivity contribution in [1.29, 1.82) is 0 Å². The number of hydrogen-bond acceptors (Lipinski definition) is 6. The van der Waals surface area contributed by atoms with E-state index >= 15 is 4.39 Å². The number of anilines is 1. The van der Waals surface area contributed by atoms with Gasteiger partial charge >= 0.3 is 12.0 Å². The van der Waals surface area contributed by atoms with Crippen LogP contribution in [-0.4, -0.2) is 47.6 Å². The lowest BCUT2D eigenvalue weighted by Gasteiger charge is -2.33. The molecule has 2 amide bonds. The van der Waals surface area contributed by atoms with E-state index in [2.05, 4.69) is 5.43 Å². The summed E-state index contributed by atoms with van der Waals surface area (Å²) in [6.07, 6.45) is -1.82. The van der Waals surface area contributed by atoms with Crippen molar-refractivity contribution < 1.29 is 28.6 Å². The first-order valence-electron chi connectivity index (χ1n) is 11.0. The number of halogens is 1. The molecule has 0 saturated carbocycles. The van der Waals surface area contributed by atoms with Gasteiger partial charge in [-0.25, -0.2) is 24.4 Å². The number of amides is 2. The second-order valence-corrected chi connectivity index (χ2v) is 8.51. The lowest BCUT2D eigenvalue weighted by atomic mass is 9.83. The van der Waals surface area contributed by atoms with Gasteiger partial charge in [-0.15, -0.1) is 0 Å². The van der Waals surface area contributed by atoms with Gasteiger partial charge in [0, 0.05) is 12.5 Å². The second-order valence-electron chi connectivity index (χ2n) is 8.51. The molecule has 0 spiro atoms. The number of carbonyl (C=O) groups excluding carboxylic acids is 2. The van der Waals surface area contributed by atoms with Crippen LogP contribution in [0.15, 0.2) is 42.5 Å². The van der Waals surface area contributed by atoms with Crippen LogP contribution in [0.3, 0.4) is 0 Å². The number of nitrogens with zero attached hydrogens (tertiary/aromatic N) is 2. The molecule has 0 bridgehead atoms. The SMILES string of the molecule is CCN1C(=O)N(c2cc3c(cc2F)C(=O)OC(O)C3C(C)C)NC1COCc1ccccc1. The molecule has 2 aromatic rings.